The van der Waals surface area contributed by atoms with Gasteiger partial charge in [-0.1, -0.05) is 6.07 Å². The van der Waals surface area contributed by atoms with E-state index in [9.17, 15) is 4.79 Å². The van der Waals surface area contributed by atoms with Crippen LogP contribution in [-0.4, -0.2) is 34.9 Å². The molecule has 7 heteroatoms. The SMILES string of the molecule is COc1cc(CNC(=O)c2ccn(-c3cc(C)ccc3OC)n2)ccn1. The number of nitrogens with one attached hydrogen (secondary N) is 1. The van der Waals surface area contributed by atoms with Crippen LogP contribution in [0.15, 0.2) is 48.8 Å². The summed E-state index contributed by atoms with van der Waals surface area (Å²) in [6, 6.07) is 11.1. The van der Waals surface area contributed by atoms with Crippen molar-refractivity contribution in [3.8, 4) is 17.3 Å². The normalized spacial score (nSPS) is 10.4. The fourth-order valence-electron chi connectivity index (χ4n) is 2.50. The molecule has 0 aliphatic heterocycles. The van der Waals surface area contributed by atoms with Crippen LogP contribution in [0.25, 0.3) is 5.69 Å². The molecular weight excluding hydrogens is 332 g/mol. The molecule has 134 valence electrons. The van der Waals surface area contributed by atoms with Crippen LogP contribution in [0.4, 0.5) is 0 Å². The Labute approximate surface area is 151 Å². The van der Waals surface area contributed by atoms with Gasteiger partial charge in [0.15, 0.2) is 5.69 Å². The van der Waals surface area contributed by atoms with E-state index in [1.807, 2.05) is 31.2 Å². The van der Waals surface area contributed by atoms with Gasteiger partial charge in [0.2, 0.25) is 5.88 Å². The van der Waals surface area contributed by atoms with Crippen LogP contribution in [0.3, 0.4) is 0 Å². The lowest BCUT2D eigenvalue weighted by Gasteiger charge is -2.09. The van der Waals surface area contributed by atoms with Crippen LogP contribution in [0, 0.1) is 6.92 Å². The van der Waals surface area contributed by atoms with Crippen LogP contribution in [0.5, 0.6) is 11.6 Å². The highest BCUT2D eigenvalue weighted by Gasteiger charge is 2.12. The van der Waals surface area contributed by atoms with Gasteiger partial charge in [-0.3, -0.25) is 4.79 Å². The monoisotopic (exact) mass is 352 g/mol. The van der Waals surface area contributed by atoms with Crippen molar-refractivity contribution in [1.82, 2.24) is 20.1 Å². The van der Waals surface area contributed by atoms with Gasteiger partial charge in [-0.25, -0.2) is 9.67 Å². The zero-order valence-corrected chi connectivity index (χ0v) is 14.9. The van der Waals surface area contributed by atoms with Crippen molar-refractivity contribution >= 4 is 5.91 Å². The Balaban J connectivity index is 1.73. The zero-order chi connectivity index (χ0) is 18.5. The van der Waals surface area contributed by atoms with Crippen LogP contribution in [0.1, 0.15) is 21.6 Å². The lowest BCUT2D eigenvalue weighted by molar-refractivity contribution is 0.0945. The Hall–Kier alpha value is -3.35. The van der Waals surface area contributed by atoms with Crippen LogP contribution in [-0.2, 0) is 6.54 Å². The number of amides is 1. The van der Waals surface area contributed by atoms with Crippen LogP contribution >= 0.6 is 0 Å². The van der Waals surface area contributed by atoms with Gasteiger partial charge in [0.1, 0.15) is 11.4 Å². The second-order valence-electron chi connectivity index (χ2n) is 5.71. The molecule has 0 spiro atoms. The Morgan fingerprint density at radius 3 is 2.77 bits per heavy atom. The minimum Gasteiger partial charge on any atom is -0.494 e. The number of carbonyl (C=O) groups excluding carboxylic acids is 1. The zero-order valence-electron chi connectivity index (χ0n) is 14.9. The summed E-state index contributed by atoms with van der Waals surface area (Å²) >= 11 is 0. The number of hydrogen-bond donors (Lipinski definition) is 1. The second kappa shape index (κ2) is 7.69. The van der Waals surface area contributed by atoms with E-state index in [0.29, 0.717) is 23.9 Å². The molecular formula is C19H20N4O3. The summed E-state index contributed by atoms with van der Waals surface area (Å²) in [6.45, 7) is 2.35. The molecule has 26 heavy (non-hydrogen) atoms. The van der Waals surface area contributed by atoms with Gasteiger partial charge in [-0.2, -0.15) is 5.10 Å². The van der Waals surface area contributed by atoms with Crippen LogP contribution in [0.2, 0.25) is 0 Å². The molecule has 7 nitrogen and oxygen atoms in total. The first-order valence-electron chi connectivity index (χ1n) is 8.08. The maximum Gasteiger partial charge on any atom is 0.272 e. The van der Waals surface area contributed by atoms with Gasteiger partial charge >= 0.3 is 0 Å². The van der Waals surface area contributed by atoms with E-state index in [1.165, 1.54) is 0 Å². The minimum absolute atomic E-state index is 0.258. The van der Waals surface area contributed by atoms with E-state index < -0.39 is 0 Å². The van der Waals surface area contributed by atoms with Gasteiger partial charge in [-0.15, -0.1) is 0 Å². The Kier molecular flexibility index (Phi) is 5.17. The first-order chi connectivity index (χ1) is 12.6. The minimum atomic E-state index is -0.258. The number of hydrogen-bond acceptors (Lipinski definition) is 5. The predicted octanol–water partition coefficient (Wildman–Crippen LogP) is 2.52. The number of benzene rings is 1. The fraction of sp³-hybridized carbons (Fsp3) is 0.211. The number of nitrogens with zero attached hydrogens (tertiary/aromatic N) is 3. The number of methoxy groups -OCH3 is 2. The van der Waals surface area contributed by atoms with E-state index in [4.69, 9.17) is 9.47 Å². The molecule has 1 N–H and O–H groups in total. The maximum absolute atomic E-state index is 12.4. The number of aryl methyl sites for hydroxylation is 1. The topological polar surface area (TPSA) is 78.3 Å². The molecule has 2 heterocycles. The quantitative estimate of drug-likeness (QED) is 0.737. The molecule has 0 radical (unpaired) electrons. The van der Waals surface area contributed by atoms with Gasteiger partial charge < -0.3 is 14.8 Å². The third-order valence-corrected chi connectivity index (χ3v) is 3.86. The summed E-state index contributed by atoms with van der Waals surface area (Å²) in [5.74, 6) is 0.938. The Bertz CT molecular complexity index is 921. The van der Waals surface area contributed by atoms with Crippen molar-refractivity contribution in [3.05, 3.63) is 65.6 Å². The molecule has 0 atom stereocenters. The van der Waals surface area contributed by atoms with Gasteiger partial charge in [-0.05, 0) is 42.3 Å². The lowest BCUT2D eigenvalue weighted by atomic mass is 10.2. The Morgan fingerprint density at radius 1 is 1.15 bits per heavy atom. The first-order valence-corrected chi connectivity index (χ1v) is 8.08. The smallest absolute Gasteiger partial charge is 0.272 e. The third-order valence-electron chi connectivity index (χ3n) is 3.86. The van der Waals surface area contributed by atoms with Crippen molar-refractivity contribution in [2.45, 2.75) is 13.5 Å². The highest BCUT2D eigenvalue weighted by atomic mass is 16.5. The molecule has 3 aromatic rings. The van der Waals surface area contributed by atoms with Gasteiger partial charge in [0, 0.05) is 25.0 Å². The highest BCUT2D eigenvalue weighted by molar-refractivity contribution is 5.92. The molecule has 0 aliphatic rings. The van der Waals surface area contributed by atoms with E-state index in [2.05, 4.69) is 15.4 Å². The van der Waals surface area contributed by atoms with E-state index in [0.717, 1.165) is 16.8 Å². The first kappa shape index (κ1) is 17.5. The van der Waals surface area contributed by atoms with E-state index >= 15 is 0 Å². The summed E-state index contributed by atoms with van der Waals surface area (Å²) in [5, 5.41) is 7.21. The summed E-state index contributed by atoms with van der Waals surface area (Å²) in [4.78, 5) is 16.4. The summed E-state index contributed by atoms with van der Waals surface area (Å²) in [7, 11) is 3.16. The standard InChI is InChI=1S/C19H20N4O3/c1-13-4-5-17(25-2)16(10-13)23-9-7-15(22-23)19(24)21-12-14-6-8-20-18(11-14)26-3/h4-11H,12H2,1-3H3,(H,21,24). The highest BCUT2D eigenvalue weighted by Crippen LogP contribution is 2.23. The number of rotatable bonds is 6. The van der Waals surface area contributed by atoms with Crippen molar-refractivity contribution in [2.24, 2.45) is 0 Å². The van der Waals surface area contributed by atoms with Crippen molar-refractivity contribution in [2.75, 3.05) is 14.2 Å². The van der Waals surface area contributed by atoms with Crippen molar-refractivity contribution in [1.29, 1.82) is 0 Å². The molecule has 0 unspecified atom stereocenters. The molecule has 1 amide bonds. The van der Waals surface area contributed by atoms with Gasteiger partial charge in [0.25, 0.3) is 5.91 Å². The summed E-state index contributed by atoms with van der Waals surface area (Å²) in [6.07, 6.45) is 3.38. The lowest BCUT2D eigenvalue weighted by Crippen LogP contribution is -2.23. The molecule has 0 bridgehead atoms. The number of aromatic nitrogens is 3. The Morgan fingerprint density at radius 2 is 2.00 bits per heavy atom. The molecule has 1 aromatic carbocycles. The van der Waals surface area contributed by atoms with E-state index in [-0.39, 0.29) is 5.91 Å². The molecule has 2 aromatic heterocycles. The van der Waals surface area contributed by atoms with Crippen molar-refractivity contribution in [3.63, 3.8) is 0 Å². The molecule has 0 saturated heterocycles. The average molecular weight is 352 g/mol. The average Bonchev–Trinajstić information content (AvgIpc) is 3.16. The second-order valence-corrected chi connectivity index (χ2v) is 5.71. The van der Waals surface area contributed by atoms with E-state index in [1.54, 1.807) is 43.4 Å². The fourth-order valence-corrected chi connectivity index (χ4v) is 2.50. The summed E-state index contributed by atoms with van der Waals surface area (Å²) < 4.78 is 12.1. The van der Waals surface area contributed by atoms with Crippen LogP contribution < -0.4 is 14.8 Å². The number of ether oxygens (including phenoxy) is 2. The molecule has 0 fully saturated rings. The van der Waals surface area contributed by atoms with Crippen molar-refractivity contribution < 1.29 is 14.3 Å². The molecule has 0 aliphatic carbocycles. The predicted molar refractivity (Wildman–Crippen MR) is 96.8 cm³/mol. The number of pyridine rings is 1. The molecule has 3 rings (SSSR count). The molecule has 0 saturated carbocycles. The summed E-state index contributed by atoms with van der Waals surface area (Å²) in [5.41, 5.74) is 3.08. The maximum atomic E-state index is 12.4. The van der Waals surface area contributed by atoms with Gasteiger partial charge in [0.05, 0.1) is 14.2 Å². The third kappa shape index (κ3) is 3.83. The number of carbonyl (C=O) groups is 1. The largest absolute Gasteiger partial charge is 0.494 e.